The Hall–Kier alpha value is -12.2. The Bertz CT molecular complexity index is 4390. The number of hydrogen-bond donors (Lipinski definition) is 23. The fraction of sp³-hybridized carbons (Fsp3) is 0.622. The van der Waals surface area contributed by atoms with Crippen molar-refractivity contribution in [2.45, 2.75) is 292 Å². The molecule has 4 heterocycles. The summed E-state index contributed by atoms with van der Waals surface area (Å²) < 4.78 is 10.8. The van der Waals surface area contributed by atoms with Crippen molar-refractivity contribution in [3.8, 4) is 0 Å². The number of para-hydroxylation sites is 1. The lowest BCUT2D eigenvalue weighted by atomic mass is 10.0. The van der Waals surface area contributed by atoms with Crippen LogP contribution in [-0.2, 0) is 105 Å². The number of benzene rings is 2. The highest BCUT2D eigenvalue weighted by Crippen LogP contribution is 2.24. The largest absolute Gasteiger partial charge is 0.394 e. The van der Waals surface area contributed by atoms with Gasteiger partial charge in [0.05, 0.1) is 57.2 Å². The lowest BCUT2D eigenvalue weighted by molar-refractivity contribution is -0.143. The maximum absolute atomic E-state index is 15.3. The zero-order chi connectivity index (χ0) is 97.0. The molecule has 736 valence electrons. The van der Waals surface area contributed by atoms with Crippen LogP contribution in [0.5, 0.6) is 0 Å². The number of fused-ring (bicyclic) bond motifs is 2. The molecule has 0 aliphatic carbocycles. The molecule has 2 fully saturated rings. The molecule has 0 spiro atoms. The zero-order valence-corrected chi connectivity index (χ0v) is 76.5. The van der Waals surface area contributed by atoms with E-state index < -0.39 is 232 Å². The summed E-state index contributed by atoms with van der Waals surface area (Å²) in [6.07, 6.45) is 14.8. The number of nitrogens with two attached hydrogens (primary N) is 3. The molecule has 13 atom stereocenters. The molecule has 0 saturated carbocycles. The van der Waals surface area contributed by atoms with Crippen molar-refractivity contribution in [1.82, 2.24) is 94.3 Å². The van der Waals surface area contributed by atoms with Gasteiger partial charge in [-0.3, -0.25) is 82.1 Å². The number of hydrogen-bond acceptors (Lipinski definition) is 23. The predicted molar refractivity (Wildman–Crippen MR) is 489 cm³/mol. The number of rotatable bonds is 54. The summed E-state index contributed by atoms with van der Waals surface area (Å²) in [6, 6.07) is -2.26. The molecule has 0 radical (unpaired) electrons. The minimum Gasteiger partial charge on any atom is -0.394 e. The van der Waals surface area contributed by atoms with Crippen molar-refractivity contribution >= 4 is 111 Å². The summed E-state index contributed by atoms with van der Waals surface area (Å²) in [5.74, 6) is -15.0. The Balaban J connectivity index is 1.12. The van der Waals surface area contributed by atoms with Gasteiger partial charge in [-0.15, -0.1) is 0 Å². The number of carbonyl (C=O) groups is 16. The molecule has 0 unspecified atom stereocenters. The molecule has 2 aliphatic rings. The smallest absolute Gasteiger partial charge is 0.246 e. The minimum absolute atomic E-state index is 0.0106. The van der Waals surface area contributed by atoms with Gasteiger partial charge in [-0.1, -0.05) is 152 Å². The second-order valence-electron chi connectivity index (χ2n) is 33.6. The molecule has 2 aliphatic heterocycles. The molecule has 6 rings (SSSR count). The third kappa shape index (κ3) is 41.2. The topological polar surface area (TPSA) is 670 Å². The molecule has 26 N–H and O–H groups in total. The van der Waals surface area contributed by atoms with Crippen LogP contribution in [0.4, 0.5) is 0 Å². The summed E-state index contributed by atoms with van der Waals surface area (Å²) in [5.41, 5.74) is 18.9. The van der Waals surface area contributed by atoms with Gasteiger partial charge in [-0.25, -0.2) is 4.98 Å². The number of ether oxygens (including phenoxy) is 2. The Morgan fingerprint density at radius 2 is 1.20 bits per heavy atom. The highest BCUT2D eigenvalue weighted by Gasteiger charge is 2.44. The second-order valence-corrected chi connectivity index (χ2v) is 33.6. The first kappa shape index (κ1) is 110. The molecular weight excluding hydrogens is 1730 g/mol. The number of amides is 16. The number of aromatic amines is 2. The van der Waals surface area contributed by atoms with E-state index in [4.69, 9.17) is 32.1 Å². The molecule has 0 bridgehead atoms. The molecule has 2 aromatic heterocycles. The van der Waals surface area contributed by atoms with Gasteiger partial charge < -0.3 is 131 Å². The maximum Gasteiger partial charge on any atom is 0.246 e. The zero-order valence-electron chi connectivity index (χ0n) is 76.5. The number of H-pyrrole nitrogens is 2. The fourth-order valence-electron chi connectivity index (χ4n) is 15.3. The van der Waals surface area contributed by atoms with E-state index in [1.807, 2.05) is 6.07 Å². The Morgan fingerprint density at radius 3 is 1.87 bits per heavy atom. The quantitative estimate of drug-likeness (QED) is 0.0131. The fourth-order valence-corrected chi connectivity index (χ4v) is 15.3. The lowest BCUT2D eigenvalue weighted by Gasteiger charge is -2.31. The maximum atomic E-state index is 15.3. The minimum atomic E-state index is -1.93. The molecule has 133 heavy (non-hydrogen) atoms. The van der Waals surface area contributed by atoms with Crippen molar-refractivity contribution in [2.75, 3.05) is 65.8 Å². The average molecular weight is 1870 g/mol. The highest BCUT2D eigenvalue weighted by molar-refractivity contribution is 6.01. The number of primary amides is 2. The molecule has 2 saturated heterocycles. The monoisotopic (exact) mass is 1870 g/mol. The number of nitrogens with zero attached hydrogens (tertiary/aromatic N) is 2. The van der Waals surface area contributed by atoms with E-state index in [-0.39, 0.29) is 115 Å². The van der Waals surface area contributed by atoms with Gasteiger partial charge in [-0.05, 0) is 81.9 Å². The van der Waals surface area contributed by atoms with Gasteiger partial charge in [0.2, 0.25) is 94.5 Å². The number of guanidine groups is 1. The third-order valence-corrected chi connectivity index (χ3v) is 22.7. The number of aromatic nitrogens is 3. The van der Waals surface area contributed by atoms with Crippen LogP contribution < -0.4 is 91.6 Å². The summed E-state index contributed by atoms with van der Waals surface area (Å²) in [7, 11) is 0. The Labute approximate surface area is 774 Å². The number of aliphatic hydroxyl groups is 3. The van der Waals surface area contributed by atoms with Crippen LogP contribution in [0, 0.1) is 5.41 Å². The van der Waals surface area contributed by atoms with E-state index >= 15 is 14.4 Å². The van der Waals surface area contributed by atoms with Crippen molar-refractivity contribution in [3.05, 3.63) is 90.1 Å². The van der Waals surface area contributed by atoms with Crippen LogP contribution in [0.1, 0.15) is 211 Å². The van der Waals surface area contributed by atoms with Crippen molar-refractivity contribution < 1.29 is 102 Å². The van der Waals surface area contributed by atoms with E-state index in [9.17, 15) is 77.6 Å². The first-order chi connectivity index (χ1) is 63.9. The van der Waals surface area contributed by atoms with Crippen LogP contribution in [-0.4, -0.2) is 280 Å². The van der Waals surface area contributed by atoms with Gasteiger partial charge in [0, 0.05) is 94.4 Å². The Kier molecular flexibility index (Phi) is 50.0. The van der Waals surface area contributed by atoms with Crippen LogP contribution >= 0.6 is 0 Å². The molecule has 2 aromatic carbocycles. The standard InChI is InChI=1S/C90H140N22O21/c1-4-6-8-9-10-11-12-13-14-15-16-17-21-34-74(117)97-41-42-132-43-44-133-54-77(120)100-51-76(119)111-78(56(3)114)88(130)105-66(35-37-73(91)116)82(124)108-70(47-59-50-95-55-101-59)85(127)110-71(53-113)86(128)104-64(30-7-5-2)80(122)106-67-36-38-75(118)96-39-25-24-32-63(79(92)121)102-84(126)69(46-58-49-99-62-31-23-22-29-61(58)62)107-81(123)65(33-26-40-98-90(93)94)103-83(125)68(45-57-27-19-18-20-28-57)109-87(129)72-48-60(115)52-112(72)89(67)131/h18-20,22-23,27-29,31,49-50,55-56,60,63-72,78,99,113-115H,4-17,21,24-26,30,32-48,51-54H2,1-3H3,(H2,91,116)(H2,92,121)(H,95,101)(H,96,118)(H,97,117)(H,100,120)(H,102,126)(H,103,125)(H,104,128)(H,105,130)(H,106,122)(H,107,123)(H,108,124)(H,109,129)(H,110,127)(H,111,119)(H4,93,94,98)/t56-,60-,63+,64+,65+,66-,67+,68-,69+,70+,71+,72+,78+/m1/s1. The van der Waals surface area contributed by atoms with E-state index in [0.717, 1.165) is 31.1 Å². The van der Waals surface area contributed by atoms with Gasteiger partial charge in [0.25, 0.3) is 0 Å². The van der Waals surface area contributed by atoms with E-state index in [1.165, 1.54) is 76.7 Å². The number of carbonyl (C=O) groups excluding carboxylic acids is 16. The van der Waals surface area contributed by atoms with Crippen molar-refractivity contribution in [3.63, 3.8) is 0 Å². The third-order valence-electron chi connectivity index (χ3n) is 22.7. The molecule has 16 amide bonds. The first-order valence-electron chi connectivity index (χ1n) is 46.4. The van der Waals surface area contributed by atoms with Crippen LogP contribution in [0.3, 0.4) is 0 Å². The average Bonchev–Trinajstić information content (AvgIpc) is 1.70. The van der Waals surface area contributed by atoms with Crippen LogP contribution in [0.15, 0.2) is 73.3 Å². The van der Waals surface area contributed by atoms with Crippen molar-refractivity contribution in [1.29, 1.82) is 5.41 Å². The number of aliphatic hydroxyl groups excluding tert-OH is 3. The molecular formula is C90H140N22O21. The van der Waals surface area contributed by atoms with Crippen LogP contribution in [0.2, 0.25) is 0 Å². The molecule has 4 aromatic rings. The van der Waals surface area contributed by atoms with Crippen molar-refractivity contribution in [2.24, 2.45) is 17.2 Å². The summed E-state index contributed by atoms with van der Waals surface area (Å²) in [6.45, 7) is 2.83. The summed E-state index contributed by atoms with van der Waals surface area (Å²) >= 11 is 0. The second kappa shape index (κ2) is 60.8. The van der Waals surface area contributed by atoms with E-state index in [2.05, 4.69) is 96.3 Å². The van der Waals surface area contributed by atoms with E-state index in [1.54, 1.807) is 61.7 Å². The number of unbranched alkanes of at least 4 members (excludes halogenated alkanes) is 13. The number of nitrogens with one attached hydrogen (secondary N) is 17. The van der Waals surface area contributed by atoms with Gasteiger partial charge in [-0.2, -0.15) is 0 Å². The number of imidazole rings is 1. The molecule has 43 nitrogen and oxygen atoms in total. The van der Waals surface area contributed by atoms with Gasteiger partial charge in [0.1, 0.15) is 73.1 Å². The summed E-state index contributed by atoms with van der Waals surface area (Å²) in [5, 5.41) is 77.5. The Morgan fingerprint density at radius 1 is 0.594 bits per heavy atom. The predicted octanol–water partition coefficient (Wildman–Crippen LogP) is -1.87. The molecule has 43 heteroatoms. The SMILES string of the molecule is CCCCCCCCCCCCCCCC(=O)NCCOCCOCC(=O)NCC(=O)N[C@H](C(=O)N[C@H](CCC(N)=O)C(=O)N[C@@H](Cc1c[nH]cn1)C(=O)N[C@@H](CO)C(=O)N[C@@H](CCCC)C(=O)N[C@H]1CCC(=O)NCCCC[C@@H](C(N)=O)NC(=O)[C@H](Cc2c[nH]c3ccccc23)NC(=O)[C@H](CCCNC(=N)N)NC(=O)[C@@H](Cc2ccccc2)NC(=O)[C@@H]2C[C@@H](O)CN2C1=O)[C@@H](C)O. The van der Waals surface area contributed by atoms with Crippen LogP contribution in [0.25, 0.3) is 10.9 Å². The first-order valence-corrected chi connectivity index (χ1v) is 46.4. The van der Waals surface area contributed by atoms with Gasteiger partial charge >= 0.3 is 0 Å². The lowest BCUT2D eigenvalue weighted by Crippen LogP contribution is -2.61. The summed E-state index contributed by atoms with van der Waals surface area (Å²) in [4.78, 5) is 235. The highest BCUT2D eigenvalue weighted by atomic mass is 16.5. The van der Waals surface area contributed by atoms with E-state index in [0.29, 0.717) is 34.9 Å². The normalized spacial score (nSPS) is 19.2. The van der Waals surface area contributed by atoms with Gasteiger partial charge in [0.15, 0.2) is 5.96 Å².